The summed E-state index contributed by atoms with van der Waals surface area (Å²) < 4.78 is 83.7. The van der Waals surface area contributed by atoms with Crippen molar-refractivity contribution in [3.63, 3.8) is 0 Å². The Bertz CT molecular complexity index is 863. The molecule has 2 rings (SSSR count). The van der Waals surface area contributed by atoms with Crippen LogP contribution in [0.2, 0.25) is 0 Å². The predicted molar refractivity (Wildman–Crippen MR) is 105 cm³/mol. The Morgan fingerprint density at radius 2 is 1.27 bits per heavy atom. The molecule has 0 saturated heterocycles. The van der Waals surface area contributed by atoms with Gasteiger partial charge in [0.25, 0.3) is 0 Å². The molecule has 30 heavy (non-hydrogen) atoms. The summed E-state index contributed by atoms with van der Waals surface area (Å²) in [6.07, 6.45) is -9.23. The molecule has 0 amide bonds. The summed E-state index contributed by atoms with van der Waals surface area (Å²) in [5, 5.41) is 5.66. The van der Waals surface area contributed by atoms with Crippen LogP contribution in [0.1, 0.15) is 11.1 Å². The molecule has 2 aromatic carbocycles. The van der Waals surface area contributed by atoms with E-state index in [0.717, 1.165) is 17.2 Å². The minimum atomic E-state index is -4.61. The van der Waals surface area contributed by atoms with Crippen LogP contribution in [-0.4, -0.2) is 30.7 Å². The predicted octanol–water partition coefficient (Wildman–Crippen LogP) is 5.99. The van der Waals surface area contributed by atoms with E-state index in [2.05, 4.69) is 20.1 Å². The Hall–Kier alpha value is -2.69. The van der Waals surface area contributed by atoms with E-state index in [4.69, 9.17) is 12.2 Å². The van der Waals surface area contributed by atoms with Gasteiger partial charge in [0.05, 0.1) is 0 Å². The monoisotopic (exact) mass is 452 g/mol. The second kappa shape index (κ2) is 9.41. The Morgan fingerprint density at radius 3 is 1.73 bits per heavy atom. The summed E-state index contributed by atoms with van der Waals surface area (Å²) in [7, 11) is 0. The van der Waals surface area contributed by atoms with Crippen molar-refractivity contribution in [1.29, 1.82) is 0 Å². The smallest absolute Gasteiger partial charge is 0.422 e. The highest BCUT2D eigenvalue weighted by Gasteiger charge is 2.30. The molecule has 164 valence electrons. The average Bonchev–Trinajstić information content (AvgIpc) is 2.60. The van der Waals surface area contributed by atoms with Gasteiger partial charge in [-0.1, -0.05) is 6.07 Å². The average molecular weight is 452 g/mol. The number of nitrogens with one attached hydrogen (secondary N) is 2. The fourth-order valence-electron chi connectivity index (χ4n) is 2.25. The van der Waals surface area contributed by atoms with E-state index in [1.54, 1.807) is 6.07 Å². The lowest BCUT2D eigenvalue weighted by atomic mass is 10.1. The topological polar surface area (TPSA) is 42.5 Å². The first-order chi connectivity index (χ1) is 13.8. The van der Waals surface area contributed by atoms with E-state index in [-0.39, 0.29) is 22.3 Å². The lowest BCUT2D eigenvalue weighted by Crippen LogP contribution is -2.21. The molecule has 0 aliphatic rings. The van der Waals surface area contributed by atoms with Gasteiger partial charge in [-0.15, -0.1) is 0 Å². The standard InChI is InChI=1S/C19H18F6N2O2S/c1-11-3-4-13(5-12(11)2)26-17(30)27-14-6-15(28-9-18(20,21)22)8-16(7-14)29-10-19(23,24)25/h3-8H,9-10H2,1-2H3,(H2,26,27,30). The van der Waals surface area contributed by atoms with E-state index in [1.165, 1.54) is 12.1 Å². The third kappa shape index (κ3) is 8.36. The maximum atomic E-state index is 12.4. The number of ether oxygens (including phenoxy) is 2. The first-order valence-electron chi connectivity index (χ1n) is 8.50. The molecule has 0 spiro atoms. The molecule has 0 bridgehead atoms. The molecule has 0 unspecified atom stereocenters. The number of halogens is 6. The third-order valence-electron chi connectivity index (χ3n) is 3.71. The zero-order chi connectivity index (χ0) is 22.5. The summed E-state index contributed by atoms with van der Waals surface area (Å²) in [6, 6.07) is 8.75. The van der Waals surface area contributed by atoms with Gasteiger partial charge in [0.1, 0.15) is 11.5 Å². The Morgan fingerprint density at radius 1 is 0.767 bits per heavy atom. The largest absolute Gasteiger partial charge is 0.484 e. The van der Waals surface area contributed by atoms with Gasteiger partial charge in [-0.2, -0.15) is 26.3 Å². The van der Waals surface area contributed by atoms with Crippen LogP contribution in [0.5, 0.6) is 11.5 Å². The Kier molecular flexibility index (Phi) is 7.40. The van der Waals surface area contributed by atoms with Crippen LogP contribution in [0.25, 0.3) is 0 Å². The van der Waals surface area contributed by atoms with Crippen molar-refractivity contribution in [2.45, 2.75) is 26.2 Å². The zero-order valence-electron chi connectivity index (χ0n) is 15.9. The molecule has 2 N–H and O–H groups in total. The quantitative estimate of drug-likeness (QED) is 0.416. The fourth-order valence-corrected chi connectivity index (χ4v) is 2.49. The van der Waals surface area contributed by atoms with Crippen molar-refractivity contribution in [3.05, 3.63) is 47.5 Å². The van der Waals surface area contributed by atoms with Gasteiger partial charge in [-0.05, 0) is 49.3 Å². The van der Waals surface area contributed by atoms with E-state index in [0.29, 0.717) is 5.69 Å². The van der Waals surface area contributed by atoms with E-state index >= 15 is 0 Å². The molecule has 0 heterocycles. The summed E-state index contributed by atoms with van der Waals surface area (Å²) >= 11 is 5.16. The second-order valence-electron chi connectivity index (χ2n) is 6.38. The summed E-state index contributed by atoms with van der Waals surface area (Å²) in [4.78, 5) is 0. The molecule has 11 heteroatoms. The molecule has 4 nitrogen and oxygen atoms in total. The highest BCUT2D eigenvalue weighted by atomic mass is 32.1. The maximum absolute atomic E-state index is 12.4. The molecule has 0 atom stereocenters. The van der Waals surface area contributed by atoms with Crippen molar-refractivity contribution in [1.82, 2.24) is 0 Å². The van der Waals surface area contributed by atoms with E-state index in [1.807, 2.05) is 26.0 Å². The SMILES string of the molecule is Cc1ccc(NC(=S)Nc2cc(OCC(F)(F)F)cc(OCC(F)(F)F)c2)cc1C. The van der Waals surface area contributed by atoms with Gasteiger partial charge in [-0.3, -0.25) is 0 Å². The van der Waals surface area contributed by atoms with Crippen molar-refractivity contribution in [2.75, 3.05) is 23.8 Å². The van der Waals surface area contributed by atoms with E-state index in [9.17, 15) is 26.3 Å². The second-order valence-corrected chi connectivity index (χ2v) is 6.79. The normalized spacial score (nSPS) is 11.7. The van der Waals surface area contributed by atoms with Gasteiger partial charge in [0, 0.05) is 29.6 Å². The molecular weight excluding hydrogens is 434 g/mol. The van der Waals surface area contributed by atoms with Gasteiger partial charge < -0.3 is 20.1 Å². The molecule has 2 aromatic rings. The number of benzene rings is 2. The molecule has 0 aliphatic heterocycles. The summed E-state index contributed by atoms with van der Waals surface area (Å²) in [5.41, 5.74) is 2.83. The molecule has 0 aliphatic carbocycles. The van der Waals surface area contributed by atoms with Crippen LogP contribution in [0.3, 0.4) is 0 Å². The number of rotatable bonds is 6. The van der Waals surface area contributed by atoms with Crippen LogP contribution in [0.4, 0.5) is 37.7 Å². The van der Waals surface area contributed by atoms with Gasteiger partial charge in [0.2, 0.25) is 0 Å². The van der Waals surface area contributed by atoms with Gasteiger partial charge >= 0.3 is 12.4 Å². The number of aryl methyl sites for hydroxylation is 2. The van der Waals surface area contributed by atoms with Crippen LogP contribution in [-0.2, 0) is 0 Å². The van der Waals surface area contributed by atoms with Crippen molar-refractivity contribution >= 4 is 28.7 Å². The lowest BCUT2D eigenvalue weighted by Gasteiger charge is -2.16. The number of alkyl halides is 6. The number of hydrogen-bond acceptors (Lipinski definition) is 3. The zero-order valence-corrected chi connectivity index (χ0v) is 16.7. The minimum Gasteiger partial charge on any atom is -0.484 e. The highest BCUT2D eigenvalue weighted by Crippen LogP contribution is 2.29. The molecular formula is C19H18F6N2O2S. The Labute approximate surface area is 174 Å². The first-order valence-corrected chi connectivity index (χ1v) is 8.91. The van der Waals surface area contributed by atoms with Crippen molar-refractivity contribution in [3.8, 4) is 11.5 Å². The number of thiocarbonyl (C=S) groups is 1. The van der Waals surface area contributed by atoms with E-state index < -0.39 is 25.6 Å². The maximum Gasteiger partial charge on any atom is 0.422 e. The minimum absolute atomic E-state index is 0.0768. The molecule has 0 radical (unpaired) electrons. The Balaban J connectivity index is 2.16. The summed E-state index contributed by atoms with van der Waals surface area (Å²) in [6.45, 7) is 0.619. The number of hydrogen-bond donors (Lipinski definition) is 2. The molecule has 0 aromatic heterocycles. The molecule has 0 fully saturated rings. The summed E-state index contributed by atoms with van der Waals surface area (Å²) in [5.74, 6) is -0.660. The van der Waals surface area contributed by atoms with Crippen LogP contribution in [0, 0.1) is 13.8 Å². The highest BCUT2D eigenvalue weighted by molar-refractivity contribution is 7.80. The molecule has 0 saturated carbocycles. The van der Waals surface area contributed by atoms with Crippen LogP contribution < -0.4 is 20.1 Å². The van der Waals surface area contributed by atoms with Crippen molar-refractivity contribution < 1.29 is 35.8 Å². The van der Waals surface area contributed by atoms with Crippen molar-refractivity contribution in [2.24, 2.45) is 0 Å². The first kappa shape index (κ1) is 23.6. The van der Waals surface area contributed by atoms with Gasteiger partial charge in [-0.25, -0.2) is 0 Å². The fraction of sp³-hybridized carbons (Fsp3) is 0.316. The van der Waals surface area contributed by atoms with Crippen LogP contribution in [0.15, 0.2) is 36.4 Å². The number of anilines is 2. The van der Waals surface area contributed by atoms with Crippen LogP contribution >= 0.6 is 12.2 Å². The third-order valence-corrected chi connectivity index (χ3v) is 3.91. The van der Waals surface area contributed by atoms with Gasteiger partial charge in [0.15, 0.2) is 18.3 Å². The lowest BCUT2D eigenvalue weighted by molar-refractivity contribution is -0.153.